The summed E-state index contributed by atoms with van der Waals surface area (Å²) in [4.78, 5) is 24.9. The first-order chi connectivity index (χ1) is 12.5. The number of rotatable bonds is 7. The minimum Gasteiger partial charge on any atom is -0.452 e. The largest absolute Gasteiger partial charge is 0.452 e. The summed E-state index contributed by atoms with van der Waals surface area (Å²) in [7, 11) is 0. The molecule has 0 atom stereocenters. The fourth-order valence-electron chi connectivity index (χ4n) is 2.21. The number of esters is 1. The van der Waals surface area contributed by atoms with E-state index in [1.165, 1.54) is 11.8 Å². The molecular formula is C20H20N2O3S. The fraction of sp³-hybridized carbons (Fsp3) is 0.250. The fourth-order valence-corrected chi connectivity index (χ4v) is 2.88. The lowest BCUT2D eigenvalue weighted by Gasteiger charge is -2.10. The topological polar surface area (TPSA) is 79.2 Å². The molecule has 0 aliphatic carbocycles. The third kappa shape index (κ3) is 5.64. The molecule has 26 heavy (non-hydrogen) atoms. The number of thioether (sulfide) groups is 1. The normalized spacial score (nSPS) is 10.2. The van der Waals surface area contributed by atoms with Crippen LogP contribution in [0.15, 0.2) is 53.4 Å². The molecule has 0 aliphatic rings. The second-order valence-corrected chi connectivity index (χ2v) is 6.86. The van der Waals surface area contributed by atoms with E-state index < -0.39 is 11.9 Å². The number of hydrogen-bond acceptors (Lipinski definition) is 5. The Morgan fingerprint density at radius 3 is 2.50 bits per heavy atom. The molecule has 0 bridgehead atoms. The van der Waals surface area contributed by atoms with Crippen molar-refractivity contribution in [2.45, 2.75) is 24.7 Å². The molecule has 0 saturated carbocycles. The Morgan fingerprint density at radius 2 is 1.85 bits per heavy atom. The van der Waals surface area contributed by atoms with Crippen LogP contribution in [0.4, 0.5) is 5.69 Å². The van der Waals surface area contributed by atoms with Crippen LogP contribution in [0, 0.1) is 11.3 Å². The van der Waals surface area contributed by atoms with E-state index in [-0.39, 0.29) is 12.4 Å². The van der Waals surface area contributed by atoms with Crippen LogP contribution in [-0.4, -0.2) is 24.2 Å². The molecule has 5 nitrogen and oxygen atoms in total. The Labute approximate surface area is 157 Å². The standard InChI is InChI=1S/C20H20N2O3S/c1-14(2)15-7-9-16(10-8-15)20(24)25-13-19(23)22-17-5-3-4-6-18(17)26-12-11-21/h3-10,14H,12-13H2,1-2H3,(H,22,23). The smallest absolute Gasteiger partial charge is 0.338 e. The lowest BCUT2D eigenvalue weighted by Crippen LogP contribution is -2.21. The van der Waals surface area contributed by atoms with Crippen molar-refractivity contribution in [2.24, 2.45) is 0 Å². The number of nitriles is 1. The zero-order valence-corrected chi connectivity index (χ0v) is 15.5. The molecule has 2 rings (SSSR count). The highest BCUT2D eigenvalue weighted by molar-refractivity contribution is 7.99. The van der Waals surface area contributed by atoms with Crippen LogP contribution in [0.25, 0.3) is 0 Å². The number of ether oxygens (including phenoxy) is 1. The van der Waals surface area contributed by atoms with Crippen LogP contribution in [0.3, 0.4) is 0 Å². The maximum absolute atomic E-state index is 12.1. The quantitative estimate of drug-likeness (QED) is 0.585. The molecule has 0 unspecified atom stereocenters. The lowest BCUT2D eigenvalue weighted by molar-refractivity contribution is -0.119. The zero-order valence-electron chi connectivity index (χ0n) is 14.7. The van der Waals surface area contributed by atoms with E-state index in [1.807, 2.05) is 30.3 Å². The highest BCUT2D eigenvalue weighted by Gasteiger charge is 2.12. The first-order valence-corrected chi connectivity index (χ1v) is 9.15. The van der Waals surface area contributed by atoms with Gasteiger partial charge in [-0.3, -0.25) is 4.79 Å². The van der Waals surface area contributed by atoms with Crippen LogP contribution in [-0.2, 0) is 9.53 Å². The van der Waals surface area contributed by atoms with Crippen LogP contribution < -0.4 is 5.32 Å². The molecule has 1 N–H and O–H groups in total. The average molecular weight is 368 g/mol. The minimum absolute atomic E-state index is 0.286. The summed E-state index contributed by atoms with van der Waals surface area (Å²) >= 11 is 1.33. The first-order valence-electron chi connectivity index (χ1n) is 8.17. The van der Waals surface area contributed by atoms with Gasteiger partial charge >= 0.3 is 5.97 Å². The molecule has 0 spiro atoms. The molecular weight excluding hydrogens is 348 g/mol. The number of nitrogens with zero attached hydrogens (tertiary/aromatic N) is 1. The van der Waals surface area contributed by atoms with Gasteiger partial charge in [0.2, 0.25) is 0 Å². The number of hydrogen-bond donors (Lipinski definition) is 1. The van der Waals surface area contributed by atoms with Crippen molar-refractivity contribution in [3.05, 3.63) is 59.7 Å². The molecule has 134 valence electrons. The zero-order chi connectivity index (χ0) is 18.9. The molecule has 6 heteroatoms. The van der Waals surface area contributed by atoms with Crippen molar-refractivity contribution in [1.29, 1.82) is 5.26 Å². The SMILES string of the molecule is CC(C)c1ccc(C(=O)OCC(=O)Nc2ccccc2SCC#N)cc1. The number of para-hydroxylation sites is 1. The van der Waals surface area contributed by atoms with Gasteiger partial charge < -0.3 is 10.1 Å². The second-order valence-electron chi connectivity index (χ2n) is 5.84. The summed E-state index contributed by atoms with van der Waals surface area (Å²) in [6.07, 6.45) is 0. The molecule has 0 heterocycles. The lowest BCUT2D eigenvalue weighted by atomic mass is 10.0. The van der Waals surface area contributed by atoms with Gasteiger partial charge in [-0.25, -0.2) is 4.79 Å². The van der Waals surface area contributed by atoms with Crippen LogP contribution in [0.1, 0.15) is 35.7 Å². The van der Waals surface area contributed by atoms with Gasteiger partial charge in [0.15, 0.2) is 6.61 Å². The van der Waals surface area contributed by atoms with Gasteiger partial charge in [-0.2, -0.15) is 5.26 Å². The summed E-state index contributed by atoms with van der Waals surface area (Å²) in [5.41, 5.74) is 2.13. The Balaban J connectivity index is 1.90. The minimum atomic E-state index is -0.539. The van der Waals surface area contributed by atoms with Crippen molar-refractivity contribution < 1.29 is 14.3 Å². The highest BCUT2D eigenvalue weighted by Crippen LogP contribution is 2.26. The first kappa shape index (κ1) is 19.5. The summed E-state index contributed by atoms with van der Waals surface area (Å²) in [6.45, 7) is 3.77. The highest BCUT2D eigenvalue weighted by atomic mass is 32.2. The van der Waals surface area contributed by atoms with Crippen molar-refractivity contribution in [1.82, 2.24) is 0 Å². The van der Waals surface area contributed by atoms with Crippen molar-refractivity contribution >= 4 is 29.3 Å². The van der Waals surface area contributed by atoms with E-state index in [0.29, 0.717) is 17.2 Å². The van der Waals surface area contributed by atoms with Crippen LogP contribution in [0.2, 0.25) is 0 Å². The van der Waals surface area contributed by atoms with Gasteiger partial charge in [0.1, 0.15) is 0 Å². The van der Waals surface area contributed by atoms with Gasteiger partial charge in [-0.15, -0.1) is 11.8 Å². The van der Waals surface area contributed by atoms with Crippen molar-refractivity contribution in [3.63, 3.8) is 0 Å². The molecule has 2 aromatic carbocycles. The molecule has 2 aromatic rings. The Morgan fingerprint density at radius 1 is 1.15 bits per heavy atom. The number of carbonyl (C=O) groups is 2. The van der Waals surface area contributed by atoms with E-state index >= 15 is 0 Å². The Kier molecular flexibility index (Phi) is 7.24. The second kappa shape index (κ2) is 9.64. The predicted molar refractivity (Wildman–Crippen MR) is 102 cm³/mol. The van der Waals surface area contributed by atoms with E-state index in [0.717, 1.165) is 10.5 Å². The molecule has 0 fully saturated rings. The Bertz CT molecular complexity index is 811. The van der Waals surface area contributed by atoms with E-state index in [4.69, 9.17) is 10.00 Å². The summed E-state index contributed by atoms with van der Waals surface area (Å²) in [6, 6.07) is 16.4. The number of amides is 1. The molecule has 0 aromatic heterocycles. The molecule has 0 aliphatic heterocycles. The number of nitrogens with one attached hydrogen (secondary N) is 1. The van der Waals surface area contributed by atoms with Gasteiger partial charge in [0, 0.05) is 4.90 Å². The summed E-state index contributed by atoms with van der Waals surface area (Å²) in [5, 5.41) is 11.4. The third-order valence-corrected chi connectivity index (χ3v) is 4.54. The van der Waals surface area contributed by atoms with Gasteiger partial charge in [0.25, 0.3) is 5.91 Å². The van der Waals surface area contributed by atoms with Crippen LogP contribution in [0.5, 0.6) is 0 Å². The third-order valence-electron chi connectivity index (χ3n) is 3.60. The van der Waals surface area contributed by atoms with E-state index in [1.54, 1.807) is 24.3 Å². The number of anilines is 1. The summed E-state index contributed by atoms with van der Waals surface area (Å²) < 4.78 is 5.07. The van der Waals surface area contributed by atoms with E-state index in [2.05, 4.69) is 19.2 Å². The van der Waals surface area contributed by atoms with Crippen molar-refractivity contribution in [3.8, 4) is 6.07 Å². The number of benzene rings is 2. The predicted octanol–water partition coefficient (Wildman–Crippen LogP) is 4.22. The van der Waals surface area contributed by atoms with E-state index in [9.17, 15) is 9.59 Å². The summed E-state index contributed by atoms with van der Waals surface area (Å²) in [5.74, 6) is -0.302. The maximum atomic E-state index is 12.1. The maximum Gasteiger partial charge on any atom is 0.338 e. The Hall–Kier alpha value is -2.78. The average Bonchev–Trinajstić information content (AvgIpc) is 2.65. The molecule has 1 amide bonds. The molecule has 0 saturated heterocycles. The van der Waals surface area contributed by atoms with Crippen molar-refractivity contribution in [2.75, 3.05) is 17.7 Å². The van der Waals surface area contributed by atoms with Crippen LogP contribution >= 0.6 is 11.8 Å². The van der Waals surface area contributed by atoms with Gasteiger partial charge in [-0.1, -0.05) is 38.1 Å². The van der Waals surface area contributed by atoms with Gasteiger partial charge in [0.05, 0.1) is 23.1 Å². The number of carbonyl (C=O) groups excluding carboxylic acids is 2. The van der Waals surface area contributed by atoms with Gasteiger partial charge in [-0.05, 0) is 35.7 Å². The monoisotopic (exact) mass is 368 g/mol. The molecule has 0 radical (unpaired) electrons.